The third kappa shape index (κ3) is 3.36. The smallest absolute Gasteiger partial charge is 0.339 e. The predicted molar refractivity (Wildman–Crippen MR) is 100 cm³/mol. The summed E-state index contributed by atoms with van der Waals surface area (Å²) >= 11 is 0. The highest BCUT2D eigenvalue weighted by molar-refractivity contribution is 5.79. The van der Waals surface area contributed by atoms with E-state index in [4.69, 9.17) is 9.47 Å². The summed E-state index contributed by atoms with van der Waals surface area (Å²) in [5, 5.41) is 12.0. The van der Waals surface area contributed by atoms with Crippen LogP contribution in [0.2, 0.25) is 0 Å². The molecule has 0 fully saturated rings. The number of para-hydroxylation sites is 1. The molecule has 6 heteroatoms. The largest absolute Gasteiger partial charge is 0.462 e. The number of ether oxygens (including phenoxy) is 2. The minimum absolute atomic E-state index is 0.155. The van der Waals surface area contributed by atoms with Crippen LogP contribution in [0.4, 0.5) is 5.69 Å². The summed E-state index contributed by atoms with van der Waals surface area (Å²) in [6.45, 7) is 4.80. The van der Waals surface area contributed by atoms with Crippen molar-refractivity contribution in [3.05, 3.63) is 35.9 Å². The molecule has 4 rings (SSSR count). The highest BCUT2D eigenvalue weighted by atomic mass is 16.5. The van der Waals surface area contributed by atoms with Gasteiger partial charge in [0.1, 0.15) is 0 Å². The Morgan fingerprint density at radius 3 is 2.96 bits per heavy atom. The molecule has 1 aromatic carbocycles. The molecule has 0 amide bonds. The summed E-state index contributed by atoms with van der Waals surface area (Å²) in [5.74, 6) is 0.868. The number of nitrogens with one attached hydrogen (secondary N) is 1. The van der Waals surface area contributed by atoms with Gasteiger partial charge in [0.15, 0.2) is 11.9 Å². The van der Waals surface area contributed by atoms with Crippen molar-refractivity contribution in [2.45, 2.75) is 45.8 Å². The number of anilines is 1. The number of allylic oxidation sites excluding steroid dienone is 2. The van der Waals surface area contributed by atoms with Gasteiger partial charge in [-0.15, -0.1) is 5.10 Å². The molecule has 2 heterocycles. The summed E-state index contributed by atoms with van der Waals surface area (Å²) in [6.07, 6.45) is 6.24. The average molecular weight is 352 g/mol. The summed E-state index contributed by atoms with van der Waals surface area (Å²) < 4.78 is 11.9. The molecule has 1 N–H and O–H groups in total. The maximum absolute atomic E-state index is 6.30. The second kappa shape index (κ2) is 7.32. The summed E-state index contributed by atoms with van der Waals surface area (Å²) in [6, 6.07) is 8.33. The van der Waals surface area contributed by atoms with E-state index >= 15 is 0 Å². The Hall–Kier alpha value is -2.63. The average Bonchev–Trinajstić information content (AvgIpc) is 2.83. The van der Waals surface area contributed by atoms with Crippen molar-refractivity contribution in [2.24, 2.45) is 5.92 Å². The number of aromatic nitrogens is 3. The van der Waals surface area contributed by atoms with Gasteiger partial charge < -0.3 is 14.8 Å². The molecule has 2 aliphatic rings. The van der Waals surface area contributed by atoms with E-state index in [1.165, 1.54) is 5.57 Å². The van der Waals surface area contributed by atoms with Crippen LogP contribution in [0, 0.1) is 5.92 Å². The molecule has 1 aromatic heterocycles. The first-order valence-corrected chi connectivity index (χ1v) is 9.30. The topological polar surface area (TPSA) is 69.2 Å². The summed E-state index contributed by atoms with van der Waals surface area (Å²) in [7, 11) is 0. The zero-order valence-corrected chi connectivity index (χ0v) is 15.2. The van der Waals surface area contributed by atoms with Crippen LogP contribution in [0.3, 0.4) is 0 Å². The Labute approximate surface area is 153 Å². The Bertz CT molecular complexity index is 821. The van der Waals surface area contributed by atoms with Crippen molar-refractivity contribution in [2.75, 3.05) is 11.9 Å². The molecule has 1 aliphatic carbocycles. The lowest BCUT2D eigenvalue weighted by molar-refractivity contribution is 0.144. The van der Waals surface area contributed by atoms with Crippen LogP contribution in [-0.4, -0.2) is 28.0 Å². The quantitative estimate of drug-likeness (QED) is 0.832. The van der Waals surface area contributed by atoms with Gasteiger partial charge in [-0.3, -0.25) is 0 Å². The Morgan fingerprint density at radius 1 is 1.27 bits per heavy atom. The number of rotatable bonds is 4. The lowest BCUT2D eigenvalue weighted by Gasteiger charge is -2.29. The van der Waals surface area contributed by atoms with E-state index in [1.54, 1.807) is 0 Å². The maximum Gasteiger partial charge on any atom is 0.339 e. The van der Waals surface area contributed by atoms with Gasteiger partial charge in [-0.2, -0.15) is 4.98 Å². The van der Waals surface area contributed by atoms with Crippen LogP contribution >= 0.6 is 0 Å². The first-order valence-electron chi connectivity index (χ1n) is 9.30. The fourth-order valence-electron chi connectivity index (χ4n) is 3.40. The number of benzene rings is 1. The van der Waals surface area contributed by atoms with Crippen molar-refractivity contribution in [3.8, 4) is 23.1 Å². The summed E-state index contributed by atoms with van der Waals surface area (Å²) in [4.78, 5) is 4.50. The first kappa shape index (κ1) is 16.8. The molecule has 0 bridgehead atoms. The van der Waals surface area contributed by atoms with Crippen molar-refractivity contribution in [1.29, 1.82) is 0 Å². The molecular weight excluding hydrogens is 328 g/mol. The number of hydrogen-bond donors (Lipinski definition) is 1. The van der Waals surface area contributed by atoms with Gasteiger partial charge in [0, 0.05) is 17.2 Å². The Balaban J connectivity index is 1.70. The number of hydrogen-bond acceptors (Lipinski definition) is 6. The van der Waals surface area contributed by atoms with Crippen molar-refractivity contribution in [1.82, 2.24) is 15.2 Å². The van der Waals surface area contributed by atoms with E-state index in [0.717, 1.165) is 36.9 Å². The molecule has 2 aromatic rings. The van der Waals surface area contributed by atoms with Crippen LogP contribution in [0.5, 0.6) is 11.9 Å². The molecule has 6 nitrogen and oxygen atoms in total. The van der Waals surface area contributed by atoms with Gasteiger partial charge in [0.25, 0.3) is 0 Å². The molecule has 2 atom stereocenters. The third-order valence-corrected chi connectivity index (χ3v) is 4.90. The van der Waals surface area contributed by atoms with Crippen molar-refractivity contribution < 1.29 is 9.47 Å². The molecule has 0 saturated heterocycles. The molecule has 0 saturated carbocycles. The second-order valence-electron chi connectivity index (χ2n) is 6.91. The van der Waals surface area contributed by atoms with Gasteiger partial charge in [-0.05, 0) is 38.7 Å². The van der Waals surface area contributed by atoms with Crippen LogP contribution in [0.25, 0.3) is 11.3 Å². The highest BCUT2D eigenvalue weighted by Gasteiger charge is 2.31. The van der Waals surface area contributed by atoms with Gasteiger partial charge in [-0.25, -0.2) is 0 Å². The van der Waals surface area contributed by atoms with Crippen LogP contribution in [0.1, 0.15) is 39.5 Å². The molecule has 26 heavy (non-hydrogen) atoms. The normalized spacial score (nSPS) is 21.4. The van der Waals surface area contributed by atoms with E-state index < -0.39 is 0 Å². The van der Waals surface area contributed by atoms with E-state index in [1.807, 2.05) is 31.2 Å². The van der Waals surface area contributed by atoms with E-state index in [0.29, 0.717) is 24.1 Å². The fourth-order valence-corrected chi connectivity index (χ4v) is 3.40. The predicted octanol–water partition coefficient (Wildman–Crippen LogP) is 4.20. The Morgan fingerprint density at radius 2 is 2.15 bits per heavy atom. The zero-order valence-electron chi connectivity index (χ0n) is 15.2. The van der Waals surface area contributed by atoms with Gasteiger partial charge in [0.05, 0.1) is 6.61 Å². The Kier molecular flexibility index (Phi) is 4.73. The second-order valence-corrected chi connectivity index (χ2v) is 6.91. The lowest BCUT2D eigenvalue weighted by atomic mass is 9.89. The fraction of sp³-hybridized carbons (Fsp3) is 0.450. The summed E-state index contributed by atoms with van der Waals surface area (Å²) in [5.41, 5.74) is 4.06. The van der Waals surface area contributed by atoms with Crippen LogP contribution in [-0.2, 0) is 0 Å². The SMILES string of the molecule is CCCOc1nnc2c(n1)OC(C1CC=C(C)CC1)Nc1ccccc1-2. The maximum atomic E-state index is 6.30. The van der Waals surface area contributed by atoms with Gasteiger partial charge in [-0.1, -0.05) is 41.9 Å². The van der Waals surface area contributed by atoms with E-state index in [-0.39, 0.29) is 12.2 Å². The van der Waals surface area contributed by atoms with Crippen LogP contribution in [0.15, 0.2) is 35.9 Å². The monoisotopic (exact) mass is 352 g/mol. The standard InChI is InChI=1S/C20H24N4O2/c1-3-12-25-20-22-19-17(23-24-20)15-6-4-5-7-16(15)21-18(26-19)14-10-8-13(2)9-11-14/h4-8,14,18,21H,3,9-12H2,1-2H3. The first-order chi connectivity index (χ1) is 12.7. The number of nitrogens with zero attached hydrogens (tertiary/aromatic N) is 3. The van der Waals surface area contributed by atoms with Crippen LogP contribution < -0.4 is 14.8 Å². The molecule has 0 spiro atoms. The molecule has 136 valence electrons. The molecule has 1 aliphatic heterocycles. The van der Waals surface area contributed by atoms with E-state index in [9.17, 15) is 0 Å². The van der Waals surface area contributed by atoms with Gasteiger partial charge >= 0.3 is 6.01 Å². The van der Waals surface area contributed by atoms with E-state index in [2.05, 4.69) is 33.5 Å². The highest BCUT2D eigenvalue weighted by Crippen LogP contribution is 2.39. The molecular formula is C20H24N4O2. The minimum atomic E-state index is -0.155. The molecule has 0 radical (unpaired) electrons. The minimum Gasteiger partial charge on any atom is -0.462 e. The van der Waals surface area contributed by atoms with Crippen molar-refractivity contribution in [3.63, 3.8) is 0 Å². The molecule has 2 unspecified atom stereocenters. The van der Waals surface area contributed by atoms with Crippen molar-refractivity contribution >= 4 is 5.69 Å². The lowest BCUT2D eigenvalue weighted by Crippen LogP contribution is -2.35. The number of fused-ring (bicyclic) bond motifs is 3. The zero-order chi connectivity index (χ0) is 17.9. The third-order valence-electron chi connectivity index (χ3n) is 4.90. The van der Waals surface area contributed by atoms with Gasteiger partial charge in [0.2, 0.25) is 5.88 Å².